The molecule has 2 aromatic rings. The maximum Gasteiger partial charge on any atom is 0.246 e. The van der Waals surface area contributed by atoms with E-state index in [1.807, 2.05) is 30.3 Å². The van der Waals surface area contributed by atoms with E-state index in [2.05, 4.69) is 32.9 Å². The third-order valence-electron chi connectivity index (χ3n) is 8.66. The molecule has 2 saturated heterocycles. The minimum atomic E-state index is -0.881. The molecule has 12 heteroatoms. The Balaban J connectivity index is 1.33. The Labute approximate surface area is 246 Å². The fraction of sp³-hybridized carbons (Fsp3) is 0.600. The van der Waals surface area contributed by atoms with Crippen LogP contribution < -0.4 is 10.6 Å². The lowest BCUT2D eigenvalue weighted by atomic mass is 9.92. The van der Waals surface area contributed by atoms with E-state index in [9.17, 15) is 19.2 Å². The molecule has 0 radical (unpaired) electrons. The molecule has 1 aromatic carbocycles. The van der Waals surface area contributed by atoms with Gasteiger partial charge in [-0.1, -0.05) is 35.5 Å². The van der Waals surface area contributed by atoms with Gasteiger partial charge in [0.05, 0.1) is 19.3 Å². The summed E-state index contributed by atoms with van der Waals surface area (Å²) in [6.07, 6.45) is 6.28. The van der Waals surface area contributed by atoms with Crippen molar-refractivity contribution in [3.05, 3.63) is 47.8 Å². The SMILES string of the molecule is CN1CCC(CCC(=O)N2CCN3C(=O)[C@H](Cc4ccccc4)NC(=O)CCCn4cc(nn4)CNC(=O)[C@H]3C2)CC1. The highest BCUT2D eigenvalue weighted by Gasteiger charge is 2.39. The van der Waals surface area contributed by atoms with Gasteiger partial charge in [0.25, 0.3) is 0 Å². The zero-order valence-electron chi connectivity index (χ0n) is 24.4. The van der Waals surface area contributed by atoms with Gasteiger partial charge in [0.2, 0.25) is 23.6 Å². The van der Waals surface area contributed by atoms with Gasteiger partial charge in [0.15, 0.2) is 0 Å². The second-order valence-corrected chi connectivity index (χ2v) is 11.8. The molecule has 0 unspecified atom stereocenters. The Bertz CT molecular complexity index is 1240. The van der Waals surface area contributed by atoms with Crippen LogP contribution in [0.4, 0.5) is 0 Å². The Kier molecular flexibility index (Phi) is 9.83. The first kappa shape index (κ1) is 29.7. The average molecular weight is 579 g/mol. The number of rotatable bonds is 5. The van der Waals surface area contributed by atoms with E-state index in [4.69, 9.17) is 0 Å². The van der Waals surface area contributed by atoms with Crippen molar-refractivity contribution in [2.75, 3.05) is 39.8 Å². The molecule has 2 fully saturated rings. The molecule has 1 aromatic heterocycles. The van der Waals surface area contributed by atoms with Gasteiger partial charge < -0.3 is 25.3 Å². The van der Waals surface area contributed by atoms with Crippen molar-refractivity contribution in [2.45, 2.75) is 70.1 Å². The summed E-state index contributed by atoms with van der Waals surface area (Å²) < 4.78 is 1.65. The van der Waals surface area contributed by atoms with Crippen LogP contribution in [0.15, 0.2) is 36.5 Å². The van der Waals surface area contributed by atoms with Crippen LogP contribution in [-0.4, -0.2) is 105 Å². The van der Waals surface area contributed by atoms with Crippen LogP contribution in [0.1, 0.15) is 49.8 Å². The number of hydrogen-bond donors (Lipinski definition) is 2. The van der Waals surface area contributed by atoms with Crippen molar-refractivity contribution in [3.63, 3.8) is 0 Å². The smallest absolute Gasteiger partial charge is 0.246 e. The number of aromatic nitrogens is 3. The molecule has 4 amide bonds. The monoisotopic (exact) mass is 578 g/mol. The van der Waals surface area contributed by atoms with E-state index >= 15 is 0 Å². The molecule has 0 saturated carbocycles. The summed E-state index contributed by atoms with van der Waals surface area (Å²) in [7, 11) is 2.12. The first-order valence-corrected chi connectivity index (χ1v) is 15.1. The van der Waals surface area contributed by atoms with Crippen molar-refractivity contribution >= 4 is 23.6 Å². The Hall–Kier alpha value is -3.80. The van der Waals surface area contributed by atoms with Crippen molar-refractivity contribution in [1.82, 2.24) is 40.3 Å². The number of benzene rings is 1. The van der Waals surface area contributed by atoms with Gasteiger partial charge in [-0.3, -0.25) is 23.9 Å². The van der Waals surface area contributed by atoms with Crippen molar-refractivity contribution in [1.29, 1.82) is 0 Å². The van der Waals surface area contributed by atoms with Crippen LogP contribution >= 0.6 is 0 Å². The third-order valence-corrected chi connectivity index (χ3v) is 8.66. The minimum Gasteiger partial charge on any atom is -0.348 e. The molecular weight excluding hydrogens is 536 g/mol. The zero-order valence-corrected chi connectivity index (χ0v) is 24.4. The number of carbonyl (C=O) groups excluding carboxylic acids is 4. The van der Waals surface area contributed by atoms with Gasteiger partial charge in [-0.25, -0.2) is 0 Å². The minimum absolute atomic E-state index is 0.0156. The number of piperidine rings is 1. The summed E-state index contributed by atoms with van der Waals surface area (Å²) in [5.41, 5.74) is 1.50. The highest BCUT2D eigenvalue weighted by molar-refractivity contribution is 5.93. The fourth-order valence-corrected chi connectivity index (χ4v) is 6.08. The Morgan fingerprint density at radius 1 is 1.02 bits per heavy atom. The number of fused-ring (bicyclic) bond motifs is 3. The predicted octanol–water partition coefficient (Wildman–Crippen LogP) is 0.577. The molecule has 0 spiro atoms. The largest absolute Gasteiger partial charge is 0.348 e. The van der Waals surface area contributed by atoms with E-state index < -0.39 is 12.1 Å². The standard InChI is InChI=1S/C30H42N8O4/c1-35-14-11-22(12-15-35)9-10-28(40)36-16-17-38-26(21-36)29(41)31-19-24-20-37(34-33-24)13-5-8-27(39)32-25(30(38)42)18-23-6-3-2-4-7-23/h2-4,6-7,20,22,25-26H,5,8-19,21H2,1H3,(H,31,41)(H,32,39)/t25-,26+/m0/s1. The lowest BCUT2D eigenvalue weighted by molar-refractivity contribution is -0.150. The molecule has 2 bridgehead atoms. The van der Waals surface area contributed by atoms with Gasteiger partial charge in [-0.05, 0) is 57.3 Å². The van der Waals surface area contributed by atoms with Crippen LogP contribution in [0.2, 0.25) is 0 Å². The first-order chi connectivity index (χ1) is 20.4. The van der Waals surface area contributed by atoms with Crippen LogP contribution in [0.25, 0.3) is 0 Å². The zero-order chi connectivity index (χ0) is 29.5. The van der Waals surface area contributed by atoms with Crippen molar-refractivity contribution < 1.29 is 19.2 Å². The molecule has 5 rings (SSSR count). The van der Waals surface area contributed by atoms with Crippen molar-refractivity contribution in [3.8, 4) is 0 Å². The molecular formula is C30H42N8O4. The molecule has 2 atom stereocenters. The van der Waals surface area contributed by atoms with Crippen LogP contribution in [0, 0.1) is 5.92 Å². The molecule has 42 heavy (non-hydrogen) atoms. The highest BCUT2D eigenvalue weighted by atomic mass is 16.2. The lowest BCUT2D eigenvalue weighted by Crippen LogP contribution is -2.64. The molecule has 226 valence electrons. The number of hydrogen-bond acceptors (Lipinski definition) is 7. The highest BCUT2D eigenvalue weighted by Crippen LogP contribution is 2.23. The van der Waals surface area contributed by atoms with E-state index in [0.29, 0.717) is 44.0 Å². The molecule has 12 nitrogen and oxygen atoms in total. The lowest BCUT2D eigenvalue weighted by Gasteiger charge is -2.42. The topological polar surface area (TPSA) is 133 Å². The summed E-state index contributed by atoms with van der Waals surface area (Å²) in [4.78, 5) is 59.5. The van der Waals surface area contributed by atoms with Gasteiger partial charge in [-0.15, -0.1) is 5.10 Å². The molecule has 3 aliphatic heterocycles. The summed E-state index contributed by atoms with van der Waals surface area (Å²) in [5.74, 6) is -0.356. The molecule has 3 aliphatic rings. The number of nitrogens with one attached hydrogen (secondary N) is 2. The second-order valence-electron chi connectivity index (χ2n) is 11.8. The number of piperazine rings is 1. The van der Waals surface area contributed by atoms with Gasteiger partial charge in [0.1, 0.15) is 17.8 Å². The summed E-state index contributed by atoms with van der Waals surface area (Å²) in [6, 6.07) is 7.82. The predicted molar refractivity (Wildman–Crippen MR) is 155 cm³/mol. The number of likely N-dealkylation sites (tertiary alicyclic amines) is 1. The molecule has 2 N–H and O–H groups in total. The Morgan fingerprint density at radius 3 is 2.60 bits per heavy atom. The maximum absolute atomic E-state index is 14.0. The molecule has 4 heterocycles. The van der Waals surface area contributed by atoms with Gasteiger partial charge in [-0.2, -0.15) is 0 Å². The number of amides is 4. The van der Waals surface area contributed by atoms with Crippen LogP contribution in [0.3, 0.4) is 0 Å². The van der Waals surface area contributed by atoms with Crippen LogP contribution in [0.5, 0.6) is 0 Å². The quantitative estimate of drug-likeness (QED) is 0.530. The van der Waals surface area contributed by atoms with Crippen molar-refractivity contribution in [2.24, 2.45) is 5.92 Å². The molecule has 0 aliphatic carbocycles. The first-order valence-electron chi connectivity index (χ1n) is 15.1. The van der Waals surface area contributed by atoms with Gasteiger partial charge in [0, 0.05) is 38.9 Å². The third kappa shape index (κ3) is 7.72. The maximum atomic E-state index is 14.0. The average Bonchev–Trinajstić information content (AvgIpc) is 3.46. The fourth-order valence-electron chi connectivity index (χ4n) is 6.08. The number of aryl methyl sites for hydroxylation is 1. The number of carbonyl (C=O) groups is 4. The van der Waals surface area contributed by atoms with E-state index in [-0.39, 0.29) is 49.7 Å². The Morgan fingerprint density at radius 2 is 1.81 bits per heavy atom. The number of nitrogens with zero attached hydrogens (tertiary/aromatic N) is 6. The van der Waals surface area contributed by atoms with Gasteiger partial charge >= 0.3 is 0 Å². The van der Waals surface area contributed by atoms with E-state index in [1.54, 1.807) is 20.7 Å². The second kappa shape index (κ2) is 13.9. The normalized spacial score (nSPS) is 23.4. The summed E-state index contributed by atoms with van der Waals surface area (Å²) >= 11 is 0. The summed E-state index contributed by atoms with van der Waals surface area (Å²) in [6.45, 7) is 3.44. The summed E-state index contributed by atoms with van der Waals surface area (Å²) in [5, 5.41) is 14.1. The van der Waals surface area contributed by atoms with E-state index in [0.717, 1.165) is 37.9 Å². The van der Waals surface area contributed by atoms with E-state index in [1.165, 1.54) is 0 Å². The van der Waals surface area contributed by atoms with Crippen LogP contribution in [-0.2, 0) is 38.7 Å².